The molecule has 21 heavy (non-hydrogen) atoms. The summed E-state index contributed by atoms with van der Waals surface area (Å²) in [6.45, 7) is 0. The van der Waals surface area contributed by atoms with Crippen molar-refractivity contribution in [2.75, 3.05) is 0 Å². The van der Waals surface area contributed by atoms with Gasteiger partial charge in [0.1, 0.15) is 0 Å². The lowest BCUT2D eigenvalue weighted by atomic mass is 9.78. The SMILES string of the molecule is II.O=C1CCC(c2ccc(Cl)c(Cl)c2)c2ccccc21. The van der Waals surface area contributed by atoms with E-state index in [1.54, 1.807) is 0 Å². The van der Waals surface area contributed by atoms with E-state index in [1.807, 2.05) is 42.5 Å². The molecular formula is C16H12Cl2I2O. The zero-order valence-corrected chi connectivity index (χ0v) is 16.8. The molecule has 0 radical (unpaired) electrons. The molecule has 0 aromatic heterocycles. The van der Waals surface area contributed by atoms with Gasteiger partial charge in [-0.1, -0.05) is 53.5 Å². The van der Waals surface area contributed by atoms with Crippen molar-refractivity contribution >= 4 is 66.2 Å². The average molecular weight is 545 g/mol. The van der Waals surface area contributed by atoms with Crippen LogP contribution in [0, 0.1) is 0 Å². The number of halogens is 4. The summed E-state index contributed by atoms with van der Waals surface area (Å²) in [7, 11) is 0. The maximum absolute atomic E-state index is 11.9. The summed E-state index contributed by atoms with van der Waals surface area (Å²) in [6.07, 6.45) is 1.41. The summed E-state index contributed by atoms with van der Waals surface area (Å²) in [5.74, 6) is 0.454. The molecule has 2 aromatic rings. The molecule has 5 heteroatoms. The van der Waals surface area contributed by atoms with Crippen molar-refractivity contribution in [2.45, 2.75) is 18.8 Å². The molecule has 1 atom stereocenters. The molecular weight excluding hydrogens is 533 g/mol. The first-order valence-electron chi connectivity index (χ1n) is 6.38. The molecule has 3 rings (SSSR count). The molecule has 0 saturated heterocycles. The lowest BCUT2D eigenvalue weighted by Gasteiger charge is -2.25. The van der Waals surface area contributed by atoms with Crippen LogP contribution < -0.4 is 0 Å². The Morgan fingerprint density at radius 3 is 2.43 bits per heavy atom. The second-order valence-electron chi connectivity index (χ2n) is 4.78. The van der Waals surface area contributed by atoms with E-state index < -0.39 is 0 Å². The van der Waals surface area contributed by atoms with Gasteiger partial charge in [0, 0.05) is 55.1 Å². The molecule has 1 unspecified atom stereocenters. The molecule has 0 spiro atoms. The van der Waals surface area contributed by atoms with Crippen LogP contribution in [0.5, 0.6) is 0 Å². The predicted octanol–water partition coefficient (Wildman–Crippen LogP) is 6.87. The van der Waals surface area contributed by atoms with Gasteiger partial charge in [-0.15, -0.1) is 0 Å². The van der Waals surface area contributed by atoms with Gasteiger partial charge in [-0.2, -0.15) is 0 Å². The highest BCUT2D eigenvalue weighted by Gasteiger charge is 2.26. The lowest BCUT2D eigenvalue weighted by molar-refractivity contribution is 0.0969. The van der Waals surface area contributed by atoms with E-state index in [1.165, 1.54) is 0 Å². The van der Waals surface area contributed by atoms with E-state index in [-0.39, 0.29) is 11.7 Å². The minimum absolute atomic E-state index is 0.226. The Bertz CT molecular complexity index is 658. The van der Waals surface area contributed by atoms with Crippen LogP contribution in [0.4, 0.5) is 0 Å². The van der Waals surface area contributed by atoms with Crippen LogP contribution in [-0.2, 0) is 0 Å². The quantitative estimate of drug-likeness (QED) is 0.358. The Balaban J connectivity index is 0.000000774. The molecule has 110 valence electrons. The Labute approximate surface area is 157 Å². The van der Waals surface area contributed by atoms with E-state index in [9.17, 15) is 4.79 Å². The number of fused-ring (bicyclic) bond motifs is 1. The van der Waals surface area contributed by atoms with E-state index in [0.717, 1.165) is 23.1 Å². The van der Waals surface area contributed by atoms with E-state index >= 15 is 0 Å². The first kappa shape index (κ1) is 17.5. The monoisotopic (exact) mass is 544 g/mol. The predicted molar refractivity (Wildman–Crippen MR) is 106 cm³/mol. The Morgan fingerprint density at radius 1 is 1.00 bits per heavy atom. The summed E-state index contributed by atoms with van der Waals surface area (Å²) in [4.78, 5) is 11.9. The Kier molecular flexibility index (Phi) is 6.78. The fraction of sp³-hybridized carbons (Fsp3) is 0.188. The largest absolute Gasteiger partial charge is 0.294 e. The summed E-state index contributed by atoms with van der Waals surface area (Å²) < 4.78 is 0. The van der Waals surface area contributed by atoms with E-state index in [2.05, 4.69) is 37.2 Å². The number of ketones is 1. The molecule has 0 saturated carbocycles. The van der Waals surface area contributed by atoms with Crippen LogP contribution in [0.1, 0.15) is 40.2 Å². The number of carbonyl (C=O) groups excluding carboxylic acids is 1. The maximum Gasteiger partial charge on any atom is 0.163 e. The van der Waals surface area contributed by atoms with Crippen molar-refractivity contribution in [2.24, 2.45) is 0 Å². The average Bonchev–Trinajstić information content (AvgIpc) is 2.53. The van der Waals surface area contributed by atoms with Gasteiger partial charge in [0.15, 0.2) is 5.78 Å². The van der Waals surface area contributed by atoms with Crippen molar-refractivity contribution < 1.29 is 4.79 Å². The normalized spacial score (nSPS) is 16.8. The third kappa shape index (κ3) is 3.92. The minimum Gasteiger partial charge on any atom is -0.294 e. The Hall–Kier alpha value is 0.150. The van der Waals surface area contributed by atoms with Crippen LogP contribution in [0.25, 0.3) is 0 Å². The van der Waals surface area contributed by atoms with Crippen LogP contribution in [0.2, 0.25) is 10.0 Å². The first-order chi connectivity index (χ1) is 10.2. The third-order valence-corrected chi connectivity index (χ3v) is 4.38. The second-order valence-corrected chi connectivity index (χ2v) is 5.59. The van der Waals surface area contributed by atoms with Crippen LogP contribution in [-0.4, -0.2) is 5.78 Å². The third-order valence-electron chi connectivity index (χ3n) is 3.64. The molecule has 0 amide bonds. The van der Waals surface area contributed by atoms with Gasteiger partial charge in [0.25, 0.3) is 0 Å². The Morgan fingerprint density at radius 2 is 1.71 bits per heavy atom. The molecule has 1 aliphatic carbocycles. The fourth-order valence-corrected chi connectivity index (χ4v) is 3.00. The van der Waals surface area contributed by atoms with Crippen LogP contribution >= 0.6 is 60.4 Å². The van der Waals surface area contributed by atoms with Crippen LogP contribution in [0.3, 0.4) is 0 Å². The number of carbonyl (C=O) groups is 1. The highest BCUT2D eigenvalue weighted by atomic mass is 128. The number of benzene rings is 2. The van der Waals surface area contributed by atoms with Crippen molar-refractivity contribution in [3.8, 4) is 0 Å². The second kappa shape index (κ2) is 8.13. The molecule has 1 aliphatic rings. The molecule has 0 N–H and O–H groups in total. The fourth-order valence-electron chi connectivity index (χ4n) is 2.70. The topological polar surface area (TPSA) is 17.1 Å². The van der Waals surface area contributed by atoms with Crippen molar-refractivity contribution in [3.63, 3.8) is 0 Å². The van der Waals surface area contributed by atoms with Crippen molar-refractivity contribution in [1.29, 1.82) is 0 Å². The van der Waals surface area contributed by atoms with Gasteiger partial charge in [-0.3, -0.25) is 4.79 Å². The highest BCUT2D eigenvalue weighted by molar-refractivity contribution is 15.0. The summed E-state index contributed by atoms with van der Waals surface area (Å²) >= 11 is 16.3. The molecule has 0 aliphatic heterocycles. The summed E-state index contributed by atoms with van der Waals surface area (Å²) in [6, 6.07) is 13.5. The van der Waals surface area contributed by atoms with Gasteiger partial charge in [0.2, 0.25) is 0 Å². The minimum atomic E-state index is 0.226. The molecule has 0 fully saturated rings. The highest BCUT2D eigenvalue weighted by Crippen LogP contribution is 2.38. The van der Waals surface area contributed by atoms with E-state index in [4.69, 9.17) is 23.2 Å². The van der Waals surface area contributed by atoms with Crippen molar-refractivity contribution in [3.05, 3.63) is 69.2 Å². The standard InChI is InChI=1S/C16H12Cl2O.I2/c17-14-7-5-10(9-15(14)18)11-6-8-16(19)13-4-2-1-3-12(11)13;1-2/h1-5,7,9,11H,6,8H2;. The number of rotatable bonds is 1. The molecule has 0 heterocycles. The number of hydrogen-bond donors (Lipinski definition) is 0. The van der Waals surface area contributed by atoms with Gasteiger partial charge in [0.05, 0.1) is 10.0 Å². The maximum atomic E-state index is 11.9. The van der Waals surface area contributed by atoms with Gasteiger partial charge >= 0.3 is 0 Å². The zero-order chi connectivity index (χ0) is 15.4. The molecule has 0 bridgehead atoms. The number of Topliss-reactive ketones (excluding diaryl/α,β-unsaturated/α-hetero) is 1. The van der Waals surface area contributed by atoms with Gasteiger partial charge in [-0.25, -0.2) is 0 Å². The van der Waals surface area contributed by atoms with Crippen LogP contribution in [0.15, 0.2) is 42.5 Å². The van der Waals surface area contributed by atoms with Gasteiger partial charge < -0.3 is 0 Å². The first-order valence-corrected chi connectivity index (χ1v) is 13.4. The summed E-state index contributed by atoms with van der Waals surface area (Å²) in [5, 5.41) is 1.12. The number of hydrogen-bond acceptors (Lipinski definition) is 1. The molecule has 2 aromatic carbocycles. The molecule has 1 nitrogen and oxygen atoms in total. The van der Waals surface area contributed by atoms with Crippen molar-refractivity contribution in [1.82, 2.24) is 0 Å². The van der Waals surface area contributed by atoms with E-state index in [0.29, 0.717) is 16.5 Å². The van der Waals surface area contributed by atoms with Gasteiger partial charge in [-0.05, 0) is 29.7 Å². The summed E-state index contributed by atoms with van der Waals surface area (Å²) in [5.41, 5.74) is 3.05. The smallest absolute Gasteiger partial charge is 0.163 e. The lowest BCUT2D eigenvalue weighted by Crippen LogP contribution is -2.16. The zero-order valence-electron chi connectivity index (χ0n) is 11.0.